The van der Waals surface area contributed by atoms with Crippen LogP contribution in [0.2, 0.25) is 0 Å². The average molecular weight is 154 g/mol. The third-order valence-electron chi connectivity index (χ3n) is 2.16. The second-order valence-electron chi connectivity index (χ2n) is 2.85. The molecule has 1 aliphatic heterocycles. The zero-order chi connectivity index (χ0) is 7.84. The standard InChI is InChI=1S/C8H10O3/c1-10-8(9)5-3-2-4-6-7(5)11-6/h2-3,5-7H,4H2,1H3/t5-,6+,7+/m1/s1. The Morgan fingerprint density at radius 3 is 3.27 bits per heavy atom. The quantitative estimate of drug-likeness (QED) is 0.313. The van der Waals surface area contributed by atoms with E-state index in [0.717, 1.165) is 6.42 Å². The van der Waals surface area contributed by atoms with Crippen LogP contribution in [0.15, 0.2) is 12.2 Å². The van der Waals surface area contributed by atoms with Crippen molar-refractivity contribution < 1.29 is 14.3 Å². The Hall–Kier alpha value is -0.830. The Morgan fingerprint density at radius 1 is 1.73 bits per heavy atom. The molecule has 1 saturated heterocycles. The maximum Gasteiger partial charge on any atom is 0.315 e. The van der Waals surface area contributed by atoms with Gasteiger partial charge in [-0.1, -0.05) is 12.2 Å². The summed E-state index contributed by atoms with van der Waals surface area (Å²) in [4.78, 5) is 11.1. The van der Waals surface area contributed by atoms with Crippen molar-refractivity contribution in [3.05, 3.63) is 12.2 Å². The van der Waals surface area contributed by atoms with E-state index in [9.17, 15) is 4.79 Å². The molecular formula is C8H10O3. The maximum absolute atomic E-state index is 11.1. The van der Waals surface area contributed by atoms with Crippen LogP contribution in [0.4, 0.5) is 0 Å². The first-order valence-electron chi connectivity index (χ1n) is 3.73. The highest BCUT2D eigenvalue weighted by molar-refractivity contribution is 5.76. The number of esters is 1. The zero-order valence-corrected chi connectivity index (χ0v) is 6.32. The van der Waals surface area contributed by atoms with E-state index in [-0.39, 0.29) is 24.1 Å². The molecule has 0 bridgehead atoms. The second kappa shape index (κ2) is 2.34. The van der Waals surface area contributed by atoms with Crippen molar-refractivity contribution in [3.8, 4) is 0 Å². The molecule has 0 radical (unpaired) electrons. The fraction of sp³-hybridized carbons (Fsp3) is 0.625. The summed E-state index contributed by atoms with van der Waals surface area (Å²) in [6.45, 7) is 0. The van der Waals surface area contributed by atoms with E-state index >= 15 is 0 Å². The van der Waals surface area contributed by atoms with Crippen LogP contribution in [-0.4, -0.2) is 25.3 Å². The lowest BCUT2D eigenvalue weighted by Crippen LogP contribution is -2.22. The van der Waals surface area contributed by atoms with E-state index < -0.39 is 0 Å². The third kappa shape index (κ3) is 1.05. The van der Waals surface area contributed by atoms with Crippen LogP contribution in [0.25, 0.3) is 0 Å². The lowest BCUT2D eigenvalue weighted by molar-refractivity contribution is -0.144. The van der Waals surface area contributed by atoms with E-state index in [1.54, 1.807) is 0 Å². The van der Waals surface area contributed by atoms with Crippen molar-refractivity contribution in [2.24, 2.45) is 5.92 Å². The van der Waals surface area contributed by atoms with Crippen molar-refractivity contribution in [1.29, 1.82) is 0 Å². The normalized spacial score (nSPS) is 39.5. The molecule has 0 aromatic rings. The van der Waals surface area contributed by atoms with Crippen LogP contribution in [0.1, 0.15) is 6.42 Å². The van der Waals surface area contributed by atoms with Gasteiger partial charge in [-0.2, -0.15) is 0 Å². The van der Waals surface area contributed by atoms with Gasteiger partial charge in [-0.05, 0) is 6.42 Å². The molecule has 3 heteroatoms. The highest BCUT2D eigenvalue weighted by atomic mass is 16.6. The Morgan fingerprint density at radius 2 is 2.55 bits per heavy atom. The van der Waals surface area contributed by atoms with E-state index in [4.69, 9.17) is 4.74 Å². The largest absolute Gasteiger partial charge is 0.468 e. The summed E-state index contributed by atoms with van der Waals surface area (Å²) in [6, 6.07) is 0. The number of rotatable bonds is 1. The van der Waals surface area contributed by atoms with Crippen molar-refractivity contribution in [1.82, 2.24) is 0 Å². The predicted molar refractivity (Wildman–Crippen MR) is 37.9 cm³/mol. The van der Waals surface area contributed by atoms with E-state index in [1.807, 2.05) is 12.2 Å². The Kier molecular flexibility index (Phi) is 1.46. The highest BCUT2D eigenvalue weighted by Crippen LogP contribution is 2.37. The lowest BCUT2D eigenvalue weighted by Gasteiger charge is -2.09. The number of fused-ring (bicyclic) bond motifs is 1. The van der Waals surface area contributed by atoms with E-state index in [2.05, 4.69) is 4.74 Å². The smallest absolute Gasteiger partial charge is 0.315 e. The number of hydrogen-bond donors (Lipinski definition) is 0. The molecule has 0 amide bonds. The monoisotopic (exact) mass is 154 g/mol. The zero-order valence-electron chi connectivity index (χ0n) is 6.32. The van der Waals surface area contributed by atoms with Gasteiger partial charge in [0.1, 0.15) is 12.0 Å². The van der Waals surface area contributed by atoms with Gasteiger partial charge in [0.15, 0.2) is 0 Å². The maximum atomic E-state index is 11.1. The van der Waals surface area contributed by atoms with Crippen LogP contribution in [0.5, 0.6) is 0 Å². The first-order chi connectivity index (χ1) is 5.33. The molecule has 3 nitrogen and oxygen atoms in total. The van der Waals surface area contributed by atoms with Gasteiger partial charge in [-0.15, -0.1) is 0 Å². The number of epoxide rings is 1. The van der Waals surface area contributed by atoms with Crippen LogP contribution < -0.4 is 0 Å². The Balaban J connectivity index is 2.07. The van der Waals surface area contributed by atoms with Crippen molar-refractivity contribution in [2.75, 3.05) is 7.11 Å². The van der Waals surface area contributed by atoms with Gasteiger partial charge in [0.05, 0.1) is 13.2 Å². The van der Waals surface area contributed by atoms with Crippen molar-refractivity contribution >= 4 is 5.97 Å². The molecule has 0 saturated carbocycles. The molecule has 11 heavy (non-hydrogen) atoms. The van der Waals surface area contributed by atoms with Gasteiger partial charge >= 0.3 is 5.97 Å². The molecule has 1 heterocycles. The molecule has 2 aliphatic rings. The average Bonchev–Trinajstić information content (AvgIpc) is 2.80. The summed E-state index contributed by atoms with van der Waals surface area (Å²) in [7, 11) is 1.40. The van der Waals surface area contributed by atoms with Gasteiger partial charge in [-0.25, -0.2) is 0 Å². The van der Waals surface area contributed by atoms with E-state index in [0.29, 0.717) is 0 Å². The second-order valence-corrected chi connectivity index (χ2v) is 2.85. The molecule has 1 fully saturated rings. The van der Waals surface area contributed by atoms with Crippen molar-refractivity contribution in [2.45, 2.75) is 18.6 Å². The van der Waals surface area contributed by atoms with Crippen LogP contribution in [0.3, 0.4) is 0 Å². The summed E-state index contributed by atoms with van der Waals surface area (Å²) in [6.07, 6.45) is 5.19. The van der Waals surface area contributed by atoms with Gasteiger partial charge in [0.2, 0.25) is 0 Å². The molecule has 0 spiro atoms. The molecule has 0 unspecified atom stereocenters. The fourth-order valence-electron chi connectivity index (χ4n) is 1.48. The molecule has 60 valence electrons. The number of carbonyl (C=O) groups excluding carboxylic acids is 1. The van der Waals surface area contributed by atoms with Gasteiger partial charge in [-0.3, -0.25) is 4.79 Å². The van der Waals surface area contributed by atoms with Crippen LogP contribution in [-0.2, 0) is 14.3 Å². The van der Waals surface area contributed by atoms with E-state index in [1.165, 1.54) is 7.11 Å². The summed E-state index contributed by atoms with van der Waals surface area (Å²) >= 11 is 0. The minimum atomic E-state index is -0.187. The summed E-state index contributed by atoms with van der Waals surface area (Å²) < 4.78 is 9.87. The predicted octanol–water partition coefficient (Wildman–Crippen LogP) is 0.503. The van der Waals surface area contributed by atoms with Gasteiger partial charge in [0, 0.05) is 0 Å². The Labute approximate surface area is 65.0 Å². The number of ether oxygens (including phenoxy) is 2. The molecule has 0 aromatic carbocycles. The number of methoxy groups -OCH3 is 1. The summed E-state index contributed by atoms with van der Waals surface area (Å²) in [5.41, 5.74) is 0. The van der Waals surface area contributed by atoms with Crippen LogP contribution in [0, 0.1) is 5.92 Å². The first-order valence-corrected chi connectivity index (χ1v) is 3.73. The summed E-state index contributed by atoms with van der Waals surface area (Å²) in [5.74, 6) is -0.341. The fourth-order valence-corrected chi connectivity index (χ4v) is 1.48. The molecule has 1 aliphatic carbocycles. The third-order valence-corrected chi connectivity index (χ3v) is 2.16. The molecule has 0 aromatic heterocycles. The number of carbonyl (C=O) groups is 1. The first kappa shape index (κ1) is 6.85. The molecule has 2 rings (SSSR count). The minimum absolute atomic E-state index is 0.104. The van der Waals surface area contributed by atoms with Crippen LogP contribution >= 0.6 is 0 Å². The highest BCUT2D eigenvalue weighted by Gasteiger charge is 2.48. The molecule has 0 N–H and O–H groups in total. The topological polar surface area (TPSA) is 38.8 Å². The Bertz CT molecular complexity index is 209. The van der Waals surface area contributed by atoms with Gasteiger partial charge in [0.25, 0.3) is 0 Å². The SMILES string of the molecule is COC(=O)[C@@H]1C=CC[C@@H]2O[C@H]21. The van der Waals surface area contributed by atoms with Crippen molar-refractivity contribution in [3.63, 3.8) is 0 Å². The lowest BCUT2D eigenvalue weighted by atomic mass is 9.96. The molecular weight excluding hydrogens is 144 g/mol. The number of hydrogen-bond acceptors (Lipinski definition) is 3. The minimum Gasteiger partial charge on any atom is -0.468 e. The molecule has 3 atom stereocenters. The summed E-state index contributed by atoms with van der Waals surface area (Å²) in [5, 5.41) is 0. The van der Waals surface area contributed by atoms with Gasteiger partial charge < -0.3 is 9.47 Å².